The van der Waals surface area contributed by atoms with Crippen molar-refractivity contribution in [1.82, 2.24) is 30.2 Å². The van der Waals surface area contributed by atoms with Gasteiger partial charge in [0, 0.05) is 43.7 Å². The number of ether oxygens (including phenoxy) is 1. The van der Waals surface area contributed by atoms with Gasteiger partial charge in [-0.1, -0.05) is 25.6 Å². The molecule has 324 valence electrons. The molecule has 2 aromatic rings. The van der Waals surface area contributed by atoms with Crippen molar-refractivity contribution in [2.75, 3.05) is 44.4 Å². The number of hydrogen-bond donors (Lipinski definition) is 11. The summed E-state index contributed by atoms with van der Waals surface area (Å²) in [6, 6.07) is 0. The standard InChI is InChI=1S/C27H46N7O19P3S/c1-27(2,22(40)25(41)30-6-5-17(37)29-7-9-57-18(38)10-15(36)4-3-8-35)12-50-56(47,48)53-55(45,46)49-11-16-21(52-54(42,43)44)20(39)26(51-16)34-14-33-19-23(28)31-13-32-24(19)34/h13-16,20-22,26,35-36,39-40H,3-12H2,1-2H3,(H,29,37)(H,30,41)(H,45,46)(H,47,48)(H2,28,31,32)(H2,42,43,44)/t15?,16-,20-,21-,22?,26-/m1/s1. The van der Waals surface area contributed by atoms with Crippen LogP contribution in [0.2, 0.25) is 0 Å². The molecule has 57 heavy (non-hydrogen) atoms. The Bertz CT molecular complexity index is 1840. The molecule has 0 bridgehead atoms. The van der Waals surface area contributed by atoms with Crippen LogP contribution in [0.1, 0.15) is 45.8 Å². The van der Waals surface area contributed by atoms with Crippen LogP contribution in [0.3, 0.4) is 0 Å². The third-order valence-corrected chi connectivity index (χ3v) is 11.9. The number of carbonyl (C=O) groups is 3. The number of fused-ring (bicyclic) bond motifs is 1. The van der Waals surface area contributed by atoms with E-state index in [1.807, 2.05) is 0 Å². The van der Waals surface area contributed by atoms with Gasteiger partial charge in [0.15, 0.2) is 22.8 Å². The molecule has 0 spiro atoms. The number of rotatable bonds is 24. The highest BCUT2D eigenvalue weighted by Gasteiger charge is 2.50. The van der Waals surface area contributed by atoms with Crippen LogP contribution in [0.4, 0.5) is 5.82 Å². The number of nitrogens with zero attached hydrogens (tertiary/aromatic N) is 4. The number of nitrogen functional groups attached to an aromatic ring is 1. The van der Waals surface area contributed by atoms with E-state index in [4.69, 9.17) is 24.6 Å². The van der Waals surface area contributed by atoms with Crippen molar-refractivity contribution >= 4 is 69.1 Å². The van der Waals surface area contributed by atoms with Crippen molar-refractivity contribution in [2.24, 2.45) is 5.41 Å². The van der Waals surface area contributed by atoms with Crippen molar-refractivity contribution in [2.45, 2.75) is 76.3 Å². The lowest BCUT2D eigenvalue weighted by molar-refractivity contribution is -0.137. The summed E-state index contributed by atoms with van der Waals surface area (Å²) >= 11 is 0.910. The van der Waals surface area contributed by atoms with E-state index in [0.717, 1.165) is 29.0 Å². The van der Waals surface area contributed by atoms with Gasteiger partial charge in [-0.15, -0.1) is 0 Å². The third-order valence-electron chi connectivity index (χ3n) is 7.86. The number of imidazole rings is 1. The number of amides is 2. The Hall–Kier alpha value is -2.52. The predicted molar refractivity (Wildman–Crippen MR) is 194 cm³/mol. The zero-order valence-corrected chi connectivity index (χ0v) is 33.9. The molecule has 2 aromatic heterocycles. The summed E-state index contributed by atoms with van der Waals surface area (Å²) in [4.78, 5) is 87.4. The number of anilines is 1. The number of thioether (sulfide) groups is 1. The van der Waals surface area contributed by atoms with Crippen LogP contribution in [0, 0.1) is 5.41 Å². The summed E-state index contributed by atoms with van der Waals surface area (Å²) in [5, 5.41) is 44.4. The Balaban J connectivity index is 1.46. The fourth-order valence-corrected chi connectivity index (χ4v) is 8.55. The molecule has 26 nitrogen and oxygen atoms in total. The molecule has 30 heteroatoms. The molecule has 0 aromatic carbocycles. The number of carbonyl (C=O) groups excluding carboxylic acids is 3. The highest BCUT2D eigenvalue weighted by atomic mass is 32.2. The van der Waals surface area contributed by atoms with Gasteiger partial charge in [-0.3, -0.25) is 32.5 Å². The summed E-state index contributed by atoms with van der Waals surface area (Å²) in [6.07, 6.45) is -7.37. The number of phosphoric acid groups is 3. The molecular weight excluding hydrogens is 851 g/mol. The molecule has 4 unspecified atom stereocenters. The molecule has 3 heterocycles. The SMILES string of the molecule is CC(C)(COP(=O)(O)OP(=O)(O)OC[C@H]1O[C@@H](n2cnc3c(N)ncnc32)[C@H](O)[C@@H]1OP(=O)(O)O)C(O)C(=O)NCCC(=O)NCCSC(=O)CC(O)CCCO. The van der Waals surface area contributed by atoms with Crippen LogP contribution in [0.25, 0.3) is 11.2 Å². The van der Waals surface area contributed by atoms with Crippen LogP contribution < -0.4 is 16.4 Å². The van der Waals surface area contributed by atoms with Crippen LogP contribution >= 0.6 is 35.2 Å². The van der Waals surface area contributed by atoms with Crippen molar-refractivity contribution in [3.8, 4) is 0 Å². The van der Waals surface area contributed by atoms with E-state index in [1.54, 1.807) is 0 Å². The quantitative estimate of drug-likeness (QED) is 0.0408. The lowest BCUT2D eigenvalue weighted by Gasteiger charge is -2.30. The van der Waals surface area contributed by atoms with E-state index in [9.17, 15) is 63.0 Å². The van der Waals surface area contributed by atoms with Crippen LogP contribution in [-0.4, -0.2) is 146 Å². The van der Waals surface area contributed by atoms with Crippen molar-refractivity contribution in [3.05, 3.63) is 12.7 Å². The number of aliphatic hydroxyl groups excluding tert-OH is 4. The largest absolute Gasteiger partial charge is 0.481 e. The predicted octanol–water partition coefficient (Wildman–Crippen LogP) is -1.81. The molecular formula is C27H46N7O19P3S. The minimum Gasteiger partial charge on any atom is -0.396 e. The van der Waals surface area contributed by atoms with Crippen molar-refractivity contribution in [1.29, 1.82) is 0 Å². The number of nitrogens with one attached hydrogen (secondary N) is 2. The summed E-state index contributed by atoms with van der Waals surface area (Å²) in [6.45, 7) is 0.179. The van der Waals surface area contributed by atoms with E-state index in [1.165, 1.54) is 13.8 Å². The number of phosphoric ester groups is 3. The van der Waals surface area contributed by atoms with E-state index in [2.05, 4.69) is 34.4 Å². The Kier molecular flexibility index (Phi) is 18.1. The average Bonchev–Trinajstić information content (AvgIpc) is 3.67. The Morgan fingerprint density at radius 2 is 1.74 bits per heavy atom. The van der Waals surface area contributed by atoms with E-state index < -0.39 is 90.7 Å². The maximum Gasteiger partial charge on any atom is 0.481 e. The van der Waals surface area contributed by atoms with E-state index in [0.29, 0.717) is 6.42 Å². The maximum atomic E-state index is 12.7. The van der Waals surface area contributed by atoms with Gasteiger partial charge in [0.05, 0.1) is 25.6 Å². The maximum absolute atomic E-state index is 12.7. The highest BCUT2D eigenvalue weighted by Crippen LogP contribution is 2.61. The van der Waals surface area contributed by atoms with Crippen molar-refractivity contribution in [3.63, 3.8) is 0 Å². The second-order valence-corrected chi connectivity index (χ2v) is 18.4. The summed E-state index contributed by atoms with van der Waals surface area (Å²) in [7, 11) is -16.4. The number of aliphatic hydroxyl groups is 4. The first-order chi connectivity index (χ1) is 26.4. The second-order valence-electron chi connectivity index (χ2n) is 13.0. The topological polar surface area (TPSA) is 404 Å². The van der Waals surface area contributed by atoms with Gasteiger partial charge in [-0.2, -0.15) is 4.31 Å². The zero-order valence-electron chi connectivity index (χ0n) is 30.4. The fraction of sp³-hybridized carbons (Fsp3) is 0.704. The minimum absolute atomic E-state index is 0.0222. The lowest BCUT2D eigenvalue weighted by atomic mass is 9.87. The Labute approximate surface area is 328 Å². The summed E-state index contributed by atoms with van der Waals surface area (Å²) < 4.78 is 62.0. The van der Waals surface area contributed by atoms with Gasteiger partial charge in [-0.05, 0) is 12.8 Å². The number of nitrogens with two attached hydrogens (primary N) is 1. The molecule has 1 aliphatic heterocycles. The molecule has 0 saturated carbocycles. The zero-order chi connectivity index (χ0) is 42.8. The first-order valence-electron chi connectivity index (χ1n) is 16.8. The first-order valence-corrected chi connectivity index (χ1v) is 22.3. The Morgan fingerprint density at radius 1 is 1.05 bits per heavy atom. The fourth-order valence-electron chi connectivity index (χ4n) is 4.98. The first kappa shape index (κ1) is 48.8. The molecule has 1 saturated heterocycles. The number of aromatic nitrogens is 4. The molecule has 3 rings (SSSR count). The lowest BCUT2D eigenvalue weighted by Crippen LogP contribution is -2.46. The van der Waals surface area contributed by atoms with Gasteiger partial charge in [-0.25, -0.2) is 28.6 Å². The van der Waals surface area contributed by atoms with E-state index >= 15 is 0 Å². The smallest absolute Gasteiger partial charge is 0.396 e. The van der Waals surface area contributed by atoms with Gasteiger partial charge >= 0.3 is 23.5 Å². The van der Waals surface area contributed by atoms with Gasteiger partial charge in [0.2, 0.25) is 11.8 Å². The summed E-state index contributed by atoms with van der Waals surface area (Å²) in [5.74, 6) is -1.33. The molecule has 0 aliphatic carbocycles. The molecule has 2 amide bonds. The van der Waals surface area contributed by atoms with Crippen LogP contribution in [0.15, 0.2) is 12.7 Å². The summed E-state index contributed by atoms with van der Waals surface area (Å²) in [5.41, 5.74) is 4.21. The van der Waals surface area contributed by atoms with Gasteiger partial charge in [0.1, 0.15) is 36.3 Å². The number of hydrogen-bond acceptors (Lipinski definition) is 20. The van der Waals surface area contributed by atoms with E-state index in [-0.39, 0.29) is 66.8 Å². The average molecular weight is 898 g/mol. The highest BCUT2D eigenvalue weighted by molar-refractivity contribution is 8.13. The van der Waals surface area contributed by atoms with Gasteiger partial charge < -0.3 is 61.1 Å². The molecule has 12 N–H and O–H groups in total. The van der Waals surface area contributed by atoms with Crippen LogP contribution in [0.5, 0.6) is 0 Å². The van der Waals surface area contributed by atoms with Crippen molar-refractivity contribution < 1.29 is 90.7 Å². The minimum atomic E-state index is -5.58. The normalized spacial score (nSPS) is 22.1. The monoisotopic (exact) mass is 897 g/mol. The molecule has 8 atom stereocenters. The molecule has 0 radical (unpaired) electrons. The molecule has 1 aliphatic rings. The molecule has 1 fully saturated rings. The third kappa shape index (κ3) is 15.5. The second kappa shape index (κ2) is 21.1. The van der Waals surface area contributed by atoms with Gasteiger partial charge in [0.25, 0.3) is 0 Å². The Morgan fingerprint density at radius 3 is 2.40 bits per heavy atom. The van der Waals surface area contributed by atoms with Crippen LogP contribution in [-0.2, 0) is 50.7 Å².